The number of aromatic nitrogens is 2. The Balaban J connectivity index is 1.56. The fourth-order valence-corrected chi connectivity index (χ4v) is 5.58. The van der Waals surface area contributed by atoms with E-state index >= 15 is 0 Å². The number of aliphatic imine (C=N–C) groups is 2. The Kier molecular flexibility index (Phi) is 5.70. The molecule has 0 radical (unpaired) electrons. The summed E-state index contributed by atoms with van der Waals surface area (Å²) in [5, 5.41) is 8.60. The van der Waals surface area contributed by atoms with E-state index in [4.69, 9.17) is 19.8 Å². The highest BCUT2D eigenvalue weighted by atomic mass is 16.5. The van der Waals surface area contributed by atoms with Crippen LogP contribution in [-0.4, -0.2) is 28.6 Å². The number of ether oxygens (including phenoxy) is 1. The molecule has 4 aromatic carbocycles. The van der Waals surface area contributed by atoms with Gasteiger partial charge in [-0.15, -0.1) is 0 Å². The quantitative estimate of drug-likeness (QED) is 0.268. The van der Waals surface area contributed by atoms with Crippen molar-refractivity contribution in [2.24, 2.45) is 9.98 Å². The average molecular weight is 525 g/mol. The van der Waals surface area contributed by atoms with Gasteiger partial charge >= 0.3 is 0 Å². The fraction of sp³-hybridized carbons (Fsp3) is 0.121. The zero-order valence-corrected chi connectivity index (χ0v) is 22.5. The van der Waals surface area contributed by atoms with E-state index in [9.17, 15) is 0 Å². The molecule has 5 aromatic rings. The summed E-state index contributed by atoms with van der Waals surface area (Å²) < 4.78 is 7.85. The van der Waals surface area contributed by atoms with E-state index in [-0.39, 0.29) is 6.04 Å². The van der Waals surface area contributed by atoms with Gasteiger partial charge in [0, 0.05) is 11.1 Å². The highest BCUT2D eigenvalue weighted by Gasteiger charge is 2.42. The Morgan fingerprint density at radius 3 is 2.38 bits per heavy atom. The first-order valence-corrected chi connectivity index (χ1v) is 13.3. The van der Waals surface area contributed by atoms with Crippen LogP contribution in [0.4, 0.5) is 22.9 Å². The van der Waals surface area contributed by atoms with Crippen LogP contribution in [0.5, 0.6) is 5.75 Å². The van der Waals surface area contributed by atoms with Gasteiger partial charge < -0.3 is 15.0 Å². The van der Waals surface area contributed by atoms with E-state index in [1.54, 1.807) is 7.11 Å². The van der Waals surface area contributed by atoms with Crippen LogP contribution in [-0.2, 0) is 0 Å². The molecule has 7 nitrogen and oxygen atoms in total. The predicted molar refractivity (Wildman–Crippen MR) is 161 cm³/mol. The van der Waals surface area contributed by atoms with Gasteiger partial charge in [0.25, 0.3) is 0 Å². The summed E-state index contributed by atoms with van der Waals surface area (Å²) >= 11 is 0. The molecular weight excluding hydrogens is 496 g/mol. The van der Waals surface area contributed by atoms with Crippen molar-refractivity contribution in [3.63, 3.8) is 0 Å². The minimum absolute atomic E-state index is 0.249. The van der Waals surface area contributed by atoms with Crippen LogP contribution in [0.3, 0.4) is 0 Å². The molecule has 0 saturated heterocycles. The third kappa shape index (κ3) is 3.78. The van der Waals surface area contributed by atoms with Crippen molar-refractivity contribution in [3.05, 3.63) is 126 Å². The smallest absolute Gasteiger partial charge is 0.179 e. The Labute approximate surface area is 233 Å². The Morgan fingerprint density at radius 2 is 1.55 bits per heavy atom. The summed E-state index contributed by atoms with van der Waals surface area (Å²) in [5.41, 5.74) is 7.87. The van der Waals surface area contributed by atoms with Crippen molar-refractivity contribution in [2.45, 2.75) is 19.9 Å². The summed E-state index contributed by atoms with van der Waals surface area (Å²) in [6.45, 7) is 4.12. The molecule has 0 amide bonds. The molecule has 0 spiro atoms. The van der Waals surface area contributed by atoms with E-state index in [1.807, 2.05) is 71.4 Å². The number of amidine groups is 2. The molecule has 2 aliphatic heterocycles. The van der Waals surface area contributed by atoms with Gasteiger partial charge in [0.15, 0.2) is 17.5 Å². The number of nitrogens with one attached hydrogen (secondary N) is 1. The van der Waals surface area contributed by atoms with Crippen LogP contribution in [0, 0.1) is 13.8 Å². The molecule has 1 N–H and O–H groups in total. The van der Waals surface area contributed by atoms with Crippen molar-refractivity contribution >= 4 is 34.6 Å². The van der Waals surface area contributed by atoms with E-state index in [0.717, 1.165) is 62.5 Å². The number of benzene rings is 4. The third-order valence-electron chi connectivity index (χ3n) is 7.46. The lowest BCUT2D eigenvalue weighted by Crippen LogP contribution is -2.48. The summed E-state index contributed by atoms with van der Waals surface area (Å²) in [7, 11) is 1.72. The zero-order valence-electron chi connectivity index (χ0n) is 22.5. The number of methoxy groups -OCH3 is 1. The summed E-state index contributed by atoms with van der Waals surface area (Å²) in [6, 6.07) is 34.5. The first-order chi connectivity index (χ1) is 19.6. The number of anilines is 2. The maximum absolute atomic E-state index is 5.91. The van der Waals surface area contributed by atoms with E-state index in [1.165, 1.54) is 0 Å². The minimum atomic E-state index is -0.249. The van der Waals surface area contributed by atoms with Crippen molar-refractivity contribution < 1.29 is 4.74 Å². The molecule has 1 aromatic heterocycles. The molecule has 1 atom stereocenters. The number of nitrogens with zero attached hydrogens (tertiary/aromatic N) is 5. The number of rotatable bonds is 4. The standard InChI is InChI=1S/C33H28N6O/c1-21-13-7-9-17-25(21)34-31-33-36-32-29(22(2)37-39(32)23-14-5-4-6-15-23)30(24-16-8-12-20-28(24)40-3)38(33)27-19-11-10-18-26(27)35-31/h4-20,30H,1-3H3,(H,34,35). The molecule has 0 bridgehead atoms. The van der Waals surface area contributed by atoms with Gasteiger partial charge in [0.05, 0.1) is 41.6 Å². The Morgan fingerprint density at radius 1 is 0.825 bits per heavy atom. The molecule has 0 aliphatic carbocycles. The summed E-state index contributed by atoms with van der Waals surface area (Å²) in [6.07, 6.45) is 0. The SMILES string of the molecule is COc1ccccc1C1c2c(C)nn(-c3ccccc3)c2N=C2C(=Nc3ccccc3C)Nc3ccccc3N21. The van der Waals surface area contributed by atoms with Crippen molar-refractivity contribution in [1.29, 1.82) is 0 Å². The molecule has 2 aliphatic rings. The van der Waals surface area contributed by atoms with Crippen molar-refractivity contribution in [3.8, 4) is 11.4 Å². The molecule has 40 heavy (non-hydrogen) atoms. The van der Waals surface area contributed by atoms with Crippen LogP contribution >= 0.6 is 0 Å². The van der Waals surface area contributed by atoms with E-state index in [2.05, 4.69) is 60.5 Å². The van der Waals surface area contributed by atoms with Gasteiger partial charge in [0.2, 0.25) is 0 Å². The van der Waals surface area contributed by atoms with E-state index in [0.29, 0.717) is 5.84 Å². The van der Waals surface area contributed by atoms with E-state index < -0.39 is 0 Å². The maximum Gasteiger partial charge on any atom is 0.179 e. The maximum atomic E-state index is 5.91. The zero-order chi connectivity index (χ0) is 27.2. The molecule has 7 rings (SSSR count). The van der Waals surface area contributed by atoms with Crippen LogP contribution in [0.25, 0.3) is 5.69 Å². The number of para-hydroxylation sites is 5. The second-order valence-electron chi connectivity index (χ2n) is 9.91. The molecule has 1 unspecified atom stereocenters. The number of aryl methyl sites for hydroxylation is 2. The van der Waals surface area contributed by atoms with Gasteiger partial charge in [-0.05, 0) is 55.8 Å². The lowest BCUT2D eigenvalue weighted by molar-refractivity contribution is 0.407. The molecule has 196 valence electrons. The van der Waals surface area contributed by atoms with Crippen LogP contribution < -0.4 is 15.0 Å². The van der Waals surface area contributed by atoms with Gasteiger partial charge in [-0.3, -0.25) is 0 Å². The lowest BCUT2D eigenvalue weighted by atomic mass is 9.92. The fourth-order valence-electron chi connectivity index (χ4n) is 5.58. The molecule has 0 fully saturated rings. The normalized spacial score (nSPS) is 16.5. The van der Waals surface area contributed by atoms with Gasteiger partial charge in [-0.25, -0.2) is 14.7 Å². The molecular formula is C33H28N6O. The van der Waals surface area contributed by atoms with Gasteiger partial charge in [-0.2, -0.15) is 5.10 Å². The highest BCUT2D eigenvalue weighted by molar-refractivity contribution is 6.52. The molecule has 7 heteroatoms. The van der Waals surface area contributed by atoms with Gasteiger partial charge in [0.1, 0.15) is 5.75 Å². The number of hydrogen-bond donors (Lipinski definition) is 1. The Hall–Kier alpha value is -5.17. The largest absolute Gasteiger partial charge is 0.496 e. The Bertz CT molecular complexity index is 1800. The second kappa shape index (κ2) is 9.54. The first kappa shape index (κ1) is 23.9. The van der Waals surface area contributed by atoms with Crippen molar-refractivity contribution in [2.75, 3.05) is 17.3 Å². The highest BCUT2D eigenvalue weighted by Crippen LogP contribution is 2.49. The number of hydrogen-bond acceptors (Lipinski definition) is 5. The van der Waals surface area contributed by atoms with Gasteiger partial charge in [-0.1, -0.05) is 66.7 Å². The van der Waals surface area contributed by atoms with Crippen LogP contribution in [0.1, 0.15) is 28.4 Å². The number of fused-ring (bicyclic) bond motifs is 4. The predicted octanol–water partition coefficient (Wildman–Crippen LogP) is 7.29. The topological polar surface area (TPSA) is 67.0 Å². The van der Waals surface area contributed by atoms with Crippen LogP contribution in [0.15, 0.2) is 113 Å². The monoisotopic (exact) mass is 524 g/mol. The second-order valence-corrected chi connectivity index (χ2v) is 9.91. The van der Waals surface area contributed by atoms with Crippen molar-refractivity contribution in [1.82, 2.24) is 9.78 Å². The summed E-state index contributed by atoms with van der Waals surface area (Å²) in [5.74, 6) is 2.99. The third-order valence-corrected chi connectivity index (χ3v) is 7.46. The molecule has 3 heterocycles. The first-order valence-electron chi connectivity index (χ1n) is 13.3. The minimum Gasteiger partial charge on any atom is -0.496 e. The summed E-state index contributed by atoms with van der Waals surface area (Å²) in [4.78, 5) is 12.7. The lowest BCUT2D eigenvalue weighted by Gasteiger charge is -2.42. The average Bonchev–Trinajstić information content (AvgIpc) is 3.33. The molecule has 0 saturated carbocycles. The van der Waals surface area contributed by atoms with Crippen LogP contribution in [0.2, 0.25) is 0 Å².